The number of aromatic nitrogens is 1. The first-order valence-electron chi connectivity index (χ1n) is 7.18. The summed E-state index contributed by atoms with van der Waals surface area (Å²) in [5.74, 6) is -0.620. The number of nitrogens with one attached hydrogen (secondary N) is 1. The first-order valence-corrected chi connectivity index (χ1v) is 7.18. The molecule has 1 aromatic heterocycles. The largest absolute Gasteiger partial charge is 0.370 e. The van der Waals surface area contributed by atoms with Crippen LogP contribution in [-0.4, -0.2) is 10.6 Å². The molecule has 0 aliphatic rings. The minimum absolute atomic E-state index is 0.101. The molecule has 0 saturated heterocycles. The van der Waals surface area contributed by atoms with Crippen LogP contribution in [0.5, 0.6) is 0 Å². The number of nitrogens with zero attached hydrogens (tertiary/aromatic N) is 2. The predicted molar refractivity (Wildman–Crippen MR) is 88.5 cm³/mol. The summed E-state index contributed by atoms with van der Waals surface area (Å²) in [6.45, 7) is 0. The van der Waals surface area contributed by atoms with E-state index in [4.69, 9.17) is 9.78 Å². The van der Waals surface area contributed by atoms with E-state index in [0.717, 1.165) is 0 Å². The van der Waals surface area contributed by atoms with Crippen molar-refractivity contribution >= 4 is 11.6 Å². The first kappa shape index (κ1) is 15.3. The second-order valence-electron chi connectivity index (χ2n) is 5.08. The zero-order valence-electron chi connectivity index (χ0n) is 12.8. The third-order valence-electron chi connectivity index (χ3n) is 3.55. The van der Waals surface area contributed by atoms with Gasteiger partial charge in [0.05, 0.1) is 11.3 Å². The first-order chi connectivity index (χ1) is 11.6. The van der Waals surface area contributed by atoms with Crippen LogP contribution in [-0.2, 0) is 7.05 Å². The van der Waals surface area contributed by atoms with Crippen molar-refractivity contribution in [2.24, 2.45) is 7.05 Å². The van der Waals surface area contributed by atoms with Crippen LogP contribution in [0.15, 0.2) is 63.9 Å². The quantitative estimate of drug-likeness (QED) is 0.804. The Morgan fingerprint density at radius 1 is 1.12 bits per heavy atom. The Morgan fingerprint density at radius 3 is 2.50 bits per heavy atom. The third kappa shape index (κ3) is 2.71. The number of benzene rings is 2. The van der Waals surface area contributed by atoms with Gasteiger partial charge in [0, 0.05) is 12.6 Å². The van der Waals surface area contributed by atoms with Gasteiger partial charge in [-0.25, -0.2) is 9.53 Å². The monoisotopic (exact) mass is 319 g/mol. The number of hydrogen-bond acceptors (Lipinski definition) is 4. The number of rotatable bonds is 3. The molecular weight excluding hydrogens is 306 g/mol. The van der Waals surface area contributed by atoms with E-state index in [-0.39, 0.29) is 5.56 Å². The Balaban J connectivity index is 2.06. The van der Waals surface area contributed by atoms with Crippen molar-refractivity contribution in [1.29, 1.82) is 5.26 Å². The molecule has 1 heterocycles. The fourth-order valence-corrected chi connectivity index (χ4v) is 2.47. The number of nitriles is 1. The summed E-state index contributed by atoms with van der Waals surface area (Å²) in [7, 11) is 1.56. The molecule has 6 nitrogen and oxygen atoms in total. The molecule has 0 saturated carbocycles. The van der Waals surface area contributed by atoms with Gasteiger partial charge >= 0.3 is 5.63 Å². The summed E-state index contributed by atoms with van der Waals surface area (Å²) in [6.07, 6.45) is 0. The fraction of sp³-hybridized carbons (Fsp3) is 0.0556. The van der Waals surface area contributed by atoms with E-state index in [0.29, 0.717) is 22.5 Å². The molecule has 0 fully saturated rings. The van der Waals surface area contributed by atoms with Crippen molar-refractivity contribution in [2.75, 3.05) is 5.32 Å². The molecule has 0 bridgehead atoms. The molecule has 3 rings (SSSR count). The van der Waals surface area contributed by atoms with Crippen LogP contribution in [0.1, 0.15) is 15.9 Å². The van der Waals surface area contributed by atoms with Gasteiger partial charge in [0.15, 0.2) is 5.56 Å². The molecule has 0 unspecified atom stereocenters. The average molecular weight is 319 g/mol. The Bertz CT molecular complexity index is 994. The number of amides is 1. The molecule has 0 atom stereocenters. The molecular formula is C18H13N3O3. The van der Waals surface area contributed by atoms with Crippen LogP contribution in [0.3, 0.4) is 0 Å². The highest BCUT2D eigenvalue weighted by molar-refractivity contribution is 6.08. The Kier molecular flexibility index (Phi) is 4.00. The second-order valence-corrected chi connectivity index (χ2v) is 5.08. The van der Waals surface area contributed by atoms with Crippen molar-refractivity contribution in [3.63, 3.8) is 0 Å². The van der Waals surface area contributed by atoms with Crippen LogP contribution >= 0.6 is 0 Å². The highest BCUT2D eigenvalue weighted by Gasteiger charge is 2.24. The lowest BCUT2D eigenvalue weighted by Gasteiger charge is -2.07. The van der Waals surface area contributed by atoms with E-state index in [1.54, 1.807) is 55.6 Å². The fourth-order valence-electron chi connectivity index (χ4n) is 2.47. The van der Waals surface area contributed by atoms with E-state index in [9.17, 15) is 9.59 Å². The van der Waals surface area contributed by atoms with Crippen LogP contribution < -0.4 is 10.9 Å². The molecule has 1 amide bonds. The van der Waals surface area contributed by atoms with Crippen molar-refractivity contribution in [3.8, 4) is 17.3 Å². The zero-order chi connectivity index (χ0) is 17.1. The normalized spacial score (nSPS) is 10.2. The van der Waals surface area contributed by atoms with Gasteiger partial charge in [-0.3, -0.25) is 4.79 Å². The number of aryl methyl sites for hydroxylation is 1. The van der Waals surface area contributed by atoms with Crippen LogP contribution in [0.4, 0.5) is 5.69 Å². The van der Waals surface area contributed by atoms with Crippen molar-refractivity contribution in [1.82, 2.24) is 4.74 Å². The van der Waals surface area contributed by atoms with Gasteiger partial charge in [0.2, 0.25) is 0 Å². The van der Waals surface area contributed by atoms with Crippen molar-refractivity contribution in [3.05, 3.63) is 76.1 Å². The standard InChI is InChI=1S/C18H13N3O3/c1-21-16(12-7-3-2-4-8-12)15(18(23)24-21)17(22)20-14-10-6-5-9-13(14)11-19/h2-10H,1H3,(H,20,22). The molecule has 118 valence electrons. The second kappa shape index (κ2) is 6.26. The summed E-state index contributed by atoms with van der Waals surface area (Å²) in [6, 6.07) is 17.6. The van der Waals surface area contributed by atoms with E-state index < -0.39 is 11.5 Å². The highest BCUT2D eigenvalue weighted by Crippen LogP contribution is 2.23. The summed E-state index contributed by atoms with van der Waals surface area (Å²) in [4.78, 5) is 24.7. The number of carbonyl (C=O) groups excluding carboxylic acids is 1. The minimum atomic E-state index is -0.733. The molecule has 3 aromatic rings. The van der Waals surface area contributed by atoms with E-state index >= 15 is 0 Å². The van der Waals surface area contributed by atoms with Gasteiger partial charge in [-0.15, -0.1) is 0 Å². The number of para-hydroxylation sites is 1. The maximum absolute atomic E-state index is 12.6. The van der Waals surface area contributed by atoms with Gasteiger partial charge in [-0.2, -0.15) is 5.26 Å². The van der Waals surface area contributed by atoms with Crippen LogP contribution in [0.2, 0.25) is 0 Å². The molecule has 0 spiro atoms. The lowest BCUT2D eigenvalue weighted by molar-refractivity contribution is 0.102. The number of hydrogen-bond donors (Lipinski definition) is 1. The molecule has 0 aliphatic carbocycles. The van der Waals surface area contributed by atoms with Gasteiger partial charge in [-0.05, 0) is 12.1 Å². The number of anilines is 1. The van der Waals surface area contributed by atoms with Crippen molar-refractivity contribution in [2.45, 2.75) is 0 Å². The van der Waals surface area contributed by atoms with E-state index in [2.05, 4.69) is 5.32 Å². The summed E-state index contributed by atoms with van der Waals surface area (Å²) in [5.41, 5.74) is 0.886. The lowest BCUT2D eigenvalue weighted by Crippen LogP contribution is -2.19. The molecule has 2 aromatic carbocycles. The number of carbonyl (C=O) groups is 1. The van der Waals surface area contributed by atoms with Gasteiger partial charge in [0.1, 0.15) is 11.8 Å². The van der Waals surface area contributed by atoms with E-state index in [1.165, 1.54) is 4.74 Å². The van der Waals surface area contributed by atoms with Crippen molar-refractivity contribution < 1.29 is 9.32 Å². The maximum atomic E-state index is 12.6. The molecule has 24 heavy (non-hydrogen) atoms. The molecule has 6 heteroatoms. The Morgan fingerprint density at radius 2 is 1.79 bits per heavy atom. The van der Waals surface area contributed by atoms with Gasteiger partial charge in [0.25, 0.3) is 5.91 Å². The third-order valence-corrected chi connectivity index (χ3v) is 3.55. The van der Waals surface area contributed by atoms with E-state index in [1.807, 2.05) is 12.1 Å². The SMILES string of the molecule is Cn1oc(=O)c(C(=O)Nc2ccccc2C#N)c1-c1ccccc1. The minimum Gasteiger partial charge on any atom is -0.335 e. The maximum Gasteiger partial charge on any atom is 0.370 e. The lowest BCUT2D eigenvalue weighted by atomic mass is 10.1. The smallest absolute Gasteiger partial charge is 0.335 e. The van der Waals surface area contributed by atoms with Crippen LogP contribution in [0.25, 0.3) is 11.3 Å². The Labute approximate surface area is 137 Å². The summed E-state index contributed by atoms with van der Waals surface area (Å²) in [5, 5.41) is 11.7. The topological polar surface area (TPSA) is 88.0 Å². The van der Waals surface area contributed by atoms with Gasteiger partial charge < -0.3 is 9.84 Å². The Hall–Kier alpha value is -3.59. The predicted octanol–water partition coefficient (Wildman–Crippen LogP) is 2.77. The van der Waals surface area contributed by atoms with Crippen LogP contribution in [0, 0.1) is 11.3 Å². The van der Waals surface area contributed by atoms with Gasteiger partial charge in [-0.1, -0.05) is 42.5 Å². The summed E-state index contributed by atoms with van der Waals surface area (Å²) < 4.78 is 6.32. The molecule has 1 N–H and O–H groups in total. The average Bonchev–Trinajstić information content (AvgIpc) is 2.90. The molecule has 0 aliphatic heterocycles. The molecule has 0 radical (unpaired) electrons. The zero-order valence-corrected chi connectivity index (χ0v) is 12.8. The highest BCUT2D eigenvalue weighted by atomic mass is 16.5. The summed E-state index contributed by atoms with van der Waals surface area (Å²) >= 11 is 0.